The molecular weight excluding hydrogens is 388 g/mol. The van der Waals surface area contributed by atoms with Crippen LogP contribution >= 0.6 is 11.3 Å². The maximum absolute atomic E-state index is 12.7. The summed E-state index contributed by atoms with van der Waals surface area (Å²) in [5.41, 5.74) is 1.90. The maximum Gasteiger partial charge on any atom is 0.236 e. The number of hydrogen-bond donors (Lipinski definition) is 0. The lowest BCUT2D eigenvalue weighted by atomic mass is 10.2. The lowest BCUT2D eigenvalue weighted by Crippen LogP contribution is -2.52. The van der Waals surface area contributed by atoms with E-state index in [2.05, 4.69) is 9.88 Å². The van der Waals surface area contributed by atoms with E-state index in [1.165, 1.54) is 0 Å². The van der Waals surface area contributed by atoms with Crippen molar-refractivity contribution in [2.75, 3.05) is 59.0 Å². The quantitative estimate of drug-likeness (QED) is 0.739. The highest BCUT2D eigenvalue weighted by molar-refractivity contribution is 7.13. The first kappa shape index (κ1) is 20.0. The molecule has 7 nitrogen and oxygen atoms in total. The molecule has 29 heavy (non-hydrogen) atoms. The normalized spacial score (nSPS) is 18.1. The minimum Gasteiger partial charge on any atom is -0.378 e. The van der Waals surface area contributed by atoms with Gasteiger partial charge in [0.2, 0.25) is 11.8 Å². The molecule has 2 fully saturated rings. The molecule has 154 valence electrons. The predicted molar refractivity (Wildman–Crippen MR) is 112 cm³/mol. The monoisotopic (exact) mass is 414 g/mol. The average Bonchev–Trinajstić information content (AvgIpc) is 3.24. The van der Waals surface area contributed by atoms with E-state index < -0.39 is 0 Å². The summed E-state index contributed by atoms with van der Waals surface area (Å²) in [6, 6.07) is 10.0. The lowest BCUT2D eigenvalue weighted by Gasteiger charge is -2.36. The number of benzene rings is 1. The van der Waals surface area contributed by atoms with E-state index in [0.717, 1.165) is 29.4 Å². The van der Waals surface area contributed by atoms with Gasteiger partial charge in [0.15, 0.2) is 0 Å². The number of carbonyl (C=O) groups is 2. The fraction of sp³-hybridized carbons (Fsp3) is 0.476. The number of hydrogen-bond acceptors (Lipinski definition) is 6. The molecule has 0 spiro atoms. The number of ether oxygens (including phenoxy) is 1. The van der Waals surface area contributed by atoms with E-state index in [-0.39, 0.29) is 11.8 Å². The molecule has 0 atom stereocenters. The molecular formula is C21H26N4O3S. The van der Waals surface area contributed by atoms with Crippen LogP contribution in [0.1, 0.15) is 5.69 Å². The molecule has 2 aromatic rings. The smallest absolute Gasteiger partial charge is 0.236 e. The standard InChI is InChI=1S/C21H26N4O3S/c26-19(14-18-16-29-21(22-18)17-4-2-1-3-5-17)24-8-6-23(7-9-24)15-20(27)25-10-12-28-13-11-25/h1-5,16H,6-15H2. The van der Waals surface area contributed by atoms with Crippen molar-refractivity contribution in [3.8, 4) is 10.6 Å². The van der Waals surface area contributed by atoms with Gasteiger partial charge in [0.05, 0.1) is 31.9 Å². The molecule has 0 N–H and O–H groups in total. The average molecular weight is 415 g/mol. The molecule has 4 rings (SSSR count). The van der Waals surface area contributed by atoms with Crippen LogP contribution in [0, 0.1) is 0 Å². The molecule has 2 aliphatic rings. The van der Waals surface area contributed by atoms with Crippen LogP contribution in [0.5, 0.6) is 0 Å². The van der Waals surface area contributed by atoms with E-state index in [9.17, 15) is 9.59 Å². The minimum absolute atomic E-state index is 0.106. The summed E-state index contributed by atoms with van der Waals surface area (Å²) in [7, 11) is 0. The first-order chi connectivity index (χ1) is 14.2. The highest BCUT2D eigenvalue weighted by Crippen LogP contribution is 2.23. The summed E-state index contributed by atoms with van der Waals surface area (Å²) in [6.07, 6.45) is 0.329. The van der Waals surface area contributed by atoms with Gasteiger partial charge in [-0.25, -0.2) is 4.98 Å². The van der Waals surface area contributed by atoms with Crippen LogP contribution in [-0.2, 0) is 20.7 Å². The van der Waals surface area contributed by atoms with Crippen molar-refractivity contribution in [1.29, 1.82) is 0 Å². The Morgan fingerprint density at radius 1 is 0.931 bits per heavy atom. The molecule has 0 aliphatic carbocycles. The Hall–Kier alpha value is -2.29. The van der Waals surface area contributed by atoms with Crippen LogP contribution in [0.3, 0.4) is 0 Å². The van der Waals surface area contributed by atoms with E-state index in [0.29, 0.717) is 52.4 Å². The third kappa shape index (κ3) is 5.20. The molecule has 2 aliphatic heterocycles. The van der Waals surface area contributed by atoms with Crippen LogP contribution < -0.4 is 0 Å². The second-order valence-corrected chi connectivity index (χ2v) is 8.19. The Bertz CT molecular complexity index is 827. The summed E-state index contributed by atoms with van der Waals surface area (Å²) in [5, 5.41) is 2.91. The van der Waals surface area contributed by atoms with Gasteiger partial charge >= 0.3 is 0 Å². The molecule has 3 heterocycles. The molecule has 1 aromatic carbocycles. The number of nitrogens with zero attached hydrogens (tertiary/aromatic N) is 4. The molecule has 0 unspecified atom stereocenters. The number of aromatic nitrogens is 1. The SMILES string of the molecule is O=C(Cc1csc(-c2ccccc2)n1)N1CCN(CC(=O)N2CCOCC2)CC1. The second kappa shape index (κ2) is 9.47. The van der Waals surface area contributed by atoms with E-state index in [1.807, 2.05) is 45.5 Å². The van der Waals surface area contributed by atoms with Crippen LogP contribution in [0.15, 0.2) is 35.7 Å². The van der Waals surface area contributed by atoms with E-state index >= 15 is 0 Å². The fourth-order valence-corrected chi connectivity index (χ4v) is 4.45. The van der Waals surface area contributed by atoms with Crippen molar-refractivity contribution in [3.05, 3.63) is 41.4 Å². The number of carbonyl (C=O) groups excluding carboxylic acids is 2. The molecule has 2 amide bonds. The maximum atomic E-state index is 12.7. The predicted octanol–water partition coefficient (Wildman–Crippen LogP) is 1.36. The number of piperazine rings is 1. The number of amides is 2. The van der Waals surface area contributed by atoms with Gasteiger partial charge in [-0.2, -0.15) is 0 Å². The zero-order valence-electron chi connectivity index (χ0n) is 16.5. The van der Waals surface area contributed by atoms with Gasteiger partial charge in [-0.3, -0.25) is 14.5 Å². The number of rotatable bonds is 5. The molecule has 0 radical (unpaired) electrons. The molecule has 1 aromatic heterocycles. The fourth-order valence-electron chi connectivity index (χ4n) is 3.63. The Labute approximate surface area is 174 Å². The van der Waals surface area contributed by atoms with Crippen LogP contribution in [0.25, 0.3) is 10.6 Å². The molecule has 2 saturated heterocycles. The Kier molecular flexibility index (Phi) is 6.53. The summed E-state index contributed by atoms with van der Waals surface area (Å²) < 4.78 is 5.30. The van der Waals surface area contributed by atoms with Crippen molar-refractivity contribution in [3.63, 3.8) is 0 Å². The lowest BCUT2D eigenvalue weighted by molar-refractivity contribution is -0.137. The van der Waals surface area contributed by atoms with Gasteiger partial charge in [0.1, 0.15) is 5.01 Å². The third-order valence-corrected chi connectivity index (χ3v) is 6.29. The zero-order valence-corrected chi connectivity index (χ0v) is 17.3. The Morgan fingerprint density at radius 3 is 2.34 bits per heavy atom. The van der Waals surface area contributed by atoms with Gasteiger partial charge in [-0.15, -0.1) is 11.3 Å². The Balaban J connectivity index is 1.24. The van der Waals surface area contributed by atoms with Crippen LogP contribution in [-0.4, -0.2) is 90.5 Å². The first-order valence-electron chi connectivity index (χ1n) is 10.0. The topological polar surface area (TPSA) is 66.0 Å². The highest BCUT2D eigenvalue weighted by Gasteiger charge is 2.25. The van der Waals surface area contributed by atoms with Crippen molar-refractivity contribution in [2.45, 2.75) is 6.42 Å². The summed E-state index contributed by atoms with van der Waals surface area (Å²) in [5.74, 6) is 0.262. The van der Waals surface area contributed by atoms with Crippen LogP contribution in [0.4, 0.5) is 0 Å². The zero-order chi connectivity index (χ0) is 20.1. The second-order valence-electron chi connectivity index (χ2n) is 7.34. The largest absolute Gasteiger partial charge is 0.378 e. The molecule has 8 heteroatoms. The van der Waals surface area contributed by atoms with Gasteiger partial charge in [-0.05, 0) is 0 Å². The van der Waals surface area contributed by atoms with E-state index in [1.54, 1.807) is 11.3 Å². The summed E-state index contributed by atoms with van der Waals surface area (Å²) in [4.78, 5) is 35.6. The molecule has 0 bridgehead atoms. The third-order valence-electron chi connectivity index (χ3n) is 5.35. The van der Waals surface area contributed by atoms with Crippen LogP contribution in [0.2, 0.25) is 0 Å². The highest BCUT2D eigenvalue weighted by atomic mass is 32.1. The minimum atomic E-state index is 0.106. The van der Waals surface area contributed by atoms with E-state index in [4.69, 9.17) is 4.74 Å². The first-order valence-corrected chi connectivity index (χ1v) is 10.9. The summed E-state index contributed by atoms with van der Waals surface area (Å²) in [6.45, 7) is 5.80. The molecule has 0 saturated carbocycles. The number of morpholine rings is 1. The number of thiazole rings is 1. The van der Waals surface area contributed by atoms with Crippen molar-refractivity contribution < 1.29 is 14.3 Å². The van der Waals surface area contributed by atoms with Gasteiger partial charge in [0.25, 0.3) is 0 Å². The van der Waals surface area contributed by atoms with Crippen molar-refractivity contribution in [2.24, 2.45) is 0 Å². The van der Waals surface area contributed by atoms with Gasteiger partial charge in [-0.1, -0.05) is 30.3 Å². The van der Waals surface area contributed by atoms with Crippen molar-refractivity contribution in [1.82, 2.24) is 19.7 Å². The van der Waals surface area contributed by atoms with Crippen molar-refractivity contribution >= 4 is 23.2 Å². The van der Waals surface area contributed by atoms with Gasteiger partial charge < -0.3 is 14.5 Å². The Morgan fingerprint density at radius 2 is 1.62 bits per heavy atom. The summed E-state index contributed by atoms with van der Waals surface area (Å²) >= 11 is 1.57. The van der Waals surface area contributed by atoms with Gasteiger partial charge in [0, 0.05) is 50.2 Å².